The highest BCUT2D eigenvalue weighted by Crippen LogP contribution is 2.35. The van der Waals surface area contributed by atoms with Gasteiger partial charge < -0.3 is 0 Å². The molecule has 0 bridgehead atoms. The van der Waals surface area contributed by atoms with E-state index in [4.69, 9.17) is 6.42 Å². The van der Waals surface area contributed by atoms with Gasteiger partial charge in [0.05, 0.1) is 11.1 Å². The maximum absolute atomic E-state index is 5.75. The van der Waals surface area contributed by atoms with Crippen LogP contribution in [0, 0.1) is 18.3 Å². The van der Waals surface area contributed by atoms with Crippen LogP contribution in [0.2, 0.25) is 0 Å². The van der Waals surface area contributed by atoms with E-state index >= 15 is 0 Å². The average Bonchev–Trinajstić information content (AvgIpc) is 2.43. The second-order valence-electron chi connectivity index (χ2n) is 5.86. The lowest BCUT2D eigenvalue weighted by atomic mass is 9.72. The van der Waals surface area contributed by atoms with Crippen LogP contribution in [0.4, 0.5) is 0 Å². The molecular weight excluding hydrogens is 244 g/mol. The first kappa shape index (κ1) is 13.1. The van der Waals surface area contributed by atoms with Crippen LogP contribution in [0.3, 0.4) is 0 Å². The molecule has 2 heteroatoms. The lowest BCUT2D eigenvalue weighted by Gasteiger charge is -2.40. The predicted octanol–water partition coefficient (Wildman–Crippen LogP) is 3.52. The van der Waals surface area contributed by atoms with Gasteiger partial charge in [0.1, 0.15) is 0 Å². The first-order chi connectivity index (χ1) is 9.71. The molecule has 20 heavy (non-hydrogen) atoms. The van der Waals surface area contributed by atoms with E-state index in [0.717, 1.165) is 12.1 Å². The van der Waals surface area contributed by atoms with Crippen molar-refractivity contribution in [1.29, 1.82) is 0 Å². The Labute approximate surface area is 120 Å². The minimum Gasteiger partial charge on any atom is -0.297 e. The van der Waals surface area contributed by atoms with Crippen LogP contribution in [0.1, 0.15) is 31.7 Å². The SMILES string of the molecule is C#C[C@@](C)(NCc1ccc2ncccc2c1)C1CCC1. The number of pyridine rings is 1. The lowest BCUT2D eigenvalue weighted by molar-refractivity contribution is 0.190. The summed E-state index contributed by atoms with van der Waals surface area (Å²) in [6.45, 7) is 2.96. The summed E-state index contributed by atoms with van der Waals surface area (Å²) >= 11 is 0. The quantitative estimate of drug-likeness (QED) is 0.855. The number of nitrogens with one attached hydrogen (secondary N) is 1. The van der Waals surface area contributed by atoms with Crippen molar-refractivity contribution in [2.75, 3.05) is 0 Å². The summed E-state index contributed by atoms with van der Waals surface area (Å²) in [5.74, 6) is 3.58. The summed E-state index contributed by atoms with van der Waals surface area (Å²) in [6, 6.07) is 10.5. The maximum atomic E-state index is 5.75. The second kappa shape index (κ2) is 5.26. The monoisotopic (exact) mass is 264 g/mol. The van der Waals surface area contributed by atoms with Gasteiger partial charge in [0, 0.05) is 18.1 Å². The molecule has 1 N–H and O–H groups in total. The molecule has 1 fully saturated rings. The van der Waals surface area contributed by atoms with Gasteiger partial charge in [0.15, 0.2) is 0 Å². The molecule has 0 amide bonds. The second-order valence-corrected chi connectivity index (χ2v) is 5.86. The highest BCUT2D eigenvalue weighted by Gasteiger charge is 2.35. The fourth-order valence-electron chi connectivity index (χ4n) is 2.82. The zero-order valence-electron chi connectivity index (χ0n) is 11.9. The van der Waals surface area contributed by atoms with Crippen LogP contribution >= 0.6 is 0 Å². The highest BCUT2D eigenvalue weighted by atomic mass is 15.0. The van der Waals surface area contributed by atoms with Crippen molar-refractivity contribution in [1.82, 2.24) is 10.3 Å². The maximum Gasteiger partial charge on any atom is 0.0800 e. The van der Waals surface area contributed by atoms with Gasteiger partial charge in [-0.2, -0.15) is 0 Å². The van der Waals surface area contributed by atoms with Crippen LogP contribution in [-0.2, 0) is 6.54 Å². The van der Waals surface area contributed by atoms with Crippen molar-refractivity contribution in [2.45, 2.75) is 38.3 Å². The normalized spacial score (nSPS) is 18.2. The Bertz CT molecular complexity index is 652. The van der Waals surface area contributed by atoms with E-state index in [1.165, 1.54) is 30.2 Å². The summed E-state index contributed by atoms with van der Waals surface area (Å²) in [6.07, 6.45) is 11.4. The van der Waals surface area contributed by atoms with Crippen molar-refractivity contribution in [3.05, 3.63) is 42.1 Å². The Morgan fingerprint density at radius 2 is 2.25 bits per heavy atom. The van der Waals surface area contributed by atoms with Crippen molar-refractivity contribution in [2.24, 2.45) is 5.92 Å². The van der Waals surface area contributed by atoms with E-state index in [-0.39, 0.29) is 5.54 Å². The molecule has 1 saturated carbocycles. The molecule has 2 nitrogen and oxygen atoms in total. The molecule has 0 radical (unpaired) electrons. The zero-order valence-corrected chi connectivity index (χ0v) is 11.9. The van der Waals surface area contributed by atoms with E-state index < -0.39 is 0 Å². The van der Waals surface area contributed by atoms with Crippen LogP contribution in [0.5, 0.6) is 0 Å². The molecule has 0 spiro atoms. The number of nitrogens with zero attached hydrogens (tertiary/aromatic N) is 1. The molecule has 1 heterocycles. The van der Waals surface area contributed by atoms with Crippen molar-refractivity contribution >= 4 is 10.9 Å². The number of aromatic nitrogens is 1. The molecule has 1 atom stereocenters. The molecule has 0 unspecified atom stereocenters. The van der Waals surface area contributed by atoms with Gasteiger partial charge in [-0.1, -0.05) is 24.5 Å². The highest BCUT2D eigenvalue weighted by molar-refractivity contribution is 5.78. The molecule has 1 aliphatic carbocycles. The van der Waals surface area contributed by atoms with Gasteiger partial charge in [-0.25, -0.2) is 0 Å². The average molecular weight is 264 g/mol. The predicted molar refractivity (Wildman–Crippen MR) is 83.2 cm³/mol. The number of rotatable bonds is 4. The van der Waals surface area contributed by atoms with Gasteiger partial charge in [-0.05, 0) is 49.4 Å². The fraction of sp³-hybridized carbons (Fsp3) is 0.389. The minimum absolute atomic E-state index is 0.178. The first-order valence-electron chi connectivity index (χ1n) is 7.28. The Morgan fingerprint density at radius 3 is 2.95 bits per heavy atom. The fourth-order valence-corrected chi connectivity index (χ4v) is 2.82. The summed E-state index contributed by atoms with van der Waals surface area (Å²) in [7, 11) is 0. The van der Waals surface area contributed by atoms with Gasteiger partial charge >= 0.3 is 0 Å². The zero-order chi connectivity index (χ0) is 14.0. The number of fused-ring (bicyclic) bond motifs is 1. The van der Waals surface area contributed by atoms with E-state index in [1.54, 1.807) is 0 Å². The van der Waals surface area contributed by atoms with Gasteiger partial charge in [-0.3, -0.25) is 10.3 Å². The number of terminal acetylenes is 1. The van der Waals surface area contributed by atoms with Gasteiger partial charge in [0.2, 0.25) is 0 Å². The van der Waals surface area contributed by atoms with Crippen LogP contribution in [-0.4, -0.2) is 10.5 Å². The third kappa shape index (κ3) is 2.42. The van der Waals surface area contributed by atoms with E-state index in [1.807, 2.05) is 12.3 Å². The van der Waals surface area contributed by atoms with Crippen LogP contribution in [0.25, 0.3) is 10.9 Å². The number of hydrogen-bond donors (Lipinski definition) is 1. The molecular formula is C18H20N2. The molecule has 1 aliphatic rings. The molecule has 3 rings (SSSR count). The summed E-state index contributed by atoms with van der Waals surface area (Å²) in [5.41, 5.74) is 2.11. The summed E-state index contributed by atoms with van der Waals surface area (Å²) < 4.78 is 0. The van der Waals surface area contributed by atoms with Crippen LogP contribution < -0.4 is 5.32 Å². The van der Waals surface area contributed by atoms with Crippen molar-refractivity contribution in [3.63, 3.8) is 0 Å². The van der Waals surface area contributed by atoms with Crippen LogP contribution in [0.15, 0.2) is 36.5 Å². The van der Waals surface area contributed by atoms with E-state index in [2.05, 4.69) is 47.4 Å². The summed E-state index contributed by atoms with van der Waals surface area (Å²) in [5, 5.41) is 4.75. The minimum atomic E-state index is -0.178. The van der Waals surface area contributed by atoms with Crippen molar-refractivity contribution < 1.29 is 0 Å². The van der Waals surface area contributed by atoms with Gasteiger partial charge in [0.25, 0.3) is 0 Å². The molecule has 102 valence electrons. The summed E-state index contributed by atoms with van der Waals surface area (Å²) in [4.78, 5) is 4.35. The van der Waals surface area contributed by atoms with Crippen molar-refractivity contribution in [3.8, 4) is 12.3 Å². The number of hydrogen-bond acceptors (Lipinski definition) is 2. The Morgan fingerprint density at radius 1 is 1.40 bits per heavy atom. The Kier molecular flexibility index (Phi) is 3.46. The molecule has 1 aromatic carbocycles. The Hall–Kier alpha value is -1.85. The third-order valence-corrected chi connectivity index (χ3v) is 4.55. The standard InChI is InChI=1S/C18H20N2/c1-3-18(2,16-7-4-8-16)20-13-14-9-10-17-15(12-14)6-5-11-19-17/h1,5-6,9-12,16,20H,4,7-8,13H2,2H3/t18-/m1/s1. The largest absolute Gasteiger partial charge is 0.297 e. The topological polar surface area (TPSA) is 24.9 Å². The lowest BCUT2D eigenvalue weighted by Crippen LogP contribution is -2.49. The molecule has 0 aliphatic heterocycles. The van der Waals surface area contributed by atoms with E-state index in [0.29, 0.717) is 5.92 Å². The van der Waals surface area contributed by atoms with Gasteiger partial charge in [-0.15, -0.1) is 6.42 Å². The molecule has 0 saturated heterocycles. The molecule has 1 aromatic heterocycles. The smallest absolute Gasteiger partial charge is 0.0800 e. The third-order valence-electron chi connectivity index (χ3n) is 4.55. The first-order valence-corrected chi connectivity index (χ1v) is 7.28. The van der Waals surface area contributed by atoms with E-state index in [9.17, 15) is 0 Å². The Balaban J connectivity index is 1.74. The molecule has 2 aromatic rings. The number of benzene rings is 1.